The van der Waals surface area contributed by atoms with Gasteiger partial charge in [-0.15, -0.1) is 0 Å². The number of nitrogens with zero attached hydrogens (tertiary/aromatic N) is 3. The zero-order valence-corrected chi connectivity index (χ0v) is 15.1. The van der Waals surface area contributed by atoms with E-state index in [1.54, 1.807) is 24.4 Å². The Hall–Kier alpha value is -3.48. The molecule has 3 aromatic rings. The van der Waals surface area contributed by atoms with Crippen molar-refractivity contribution in [1.29, 1.82) is 0 Å². The molecule has 0 radical (unpaired) electrons. The summed E-state index contributed by atoms with van der Waals surface area (Å²) in [5.74, 6) is -1.13. The maximum atomic E-state index is 13.0. The summed E-state index contributed by atoms with van der Waals surface area (Å²) in [6.07, 6.45) is 2.80. The molecule has 0 aliphatic carbocycles. The van der Waals surface area contributed by atoms with Gasteiger partial charge in [-0.05, 0) is 30.2 Å². The number of pyridine rings is 1. The first-order valence-corrected chi connectivity index (χ1v) is 8.38. The Bertz CT molecular complexity index is 1060. The number of esters is 1. The minimum Gasteiger partial charge on any atom is -0.468 e. The number of hydrogen-bond acceptors (Lipinski definition) is 5. The van der Waals surface area contributed by atoms with Crippen LogP contribution in [0, 0.1) is 6.92 Å². The highest BCUT2D eigenvalue weighted by Gasteiger charge is 2.23. The lowest BCUT2D eigenvalue weighted by Crippen LogP contribution is -2.39. The molecule has 0 atom stereocenters. The van der Waals surface area contributed by atoms with E-state index in [0.29, 0.717) is 5.65 Å². The Kier molecular flexibility index (Phi) is 5.30. The van der Waals surface area contributed by atoms with E-state index in [0.717, 1.165) is 11.1 Å². The van der Waals surface area contributed by atoms with Crippen LogP contribution in [0.5, 0.6) is 0 Å². The molecule has 0 bridgehead atoms. The van der Waals surface area contributed by atoms with Crippen molar-refractivity contribution in [3.8, 4) is 0 Å². The first kappa shape index (κ1) is 18.3. The summed E-state index contributed by atoms with van der Waals surface area (Å²) in [5, 5.41) is 0. The fraction of sp³-hybridized carbons (Fsp3) is 0.200. The molecule has 3 rings (SSSR count). The van der Waals surface area contributed by atoms with Crippen molar-refractivity contribution in [2.24, 2.45) is 0 Å². The van der Waals surface area contributed by atoms with Gasteiger partial charge in [0.2, 0.25) is 0 Å². The van der Waals surface area contributed by atoms with Gasteiger partial charge in [0, 0.05) is 18.9 Å². The van der Waals surface area contributed by atoms with Crippen LogP contribution < -0.4 is 5.56 Å². The quantitative estimate of drug-likeness (QED) is 0.644. The number of rotatable bonds is 5. The van der Waals surface area contributed by atoms with Crippen LogP contribution in [-0.4, -0.2) is 39.8 Å². The number of aryl methyl sites for hydroxylation is 1. The van der Waals surface area contributed by atoms with Crippen molar-refractivity contribution in [2.75, 3.05) is 13.7 Å². The van der Waals surface area contributed by atoms with Crippen LogP contribution in [0.25, 0.3) is 5.65 Å². The summed E-state index contributed by atoms with van der Waals surface area (Å²) in [5.41, 5.74) is 1.72. The number of amides is 1. The third kappa shape index (κ3) is 3.87. The Balaban J connectivity index is 2.00. The molecule has 7 nitrogen and oxygen atoms in total. The van der Waals surface area contributed by atoms with Gasteiger partial charge < -0.3 is 9.64 Å². The molecule has 2 heterocycles. The number of hydrogen-bond donors (Lipinski definition) is 0. The molecule has 2 aromatic heterocycles. The first-order valence-electron chi connectivity index (χ1n) is 8.38. The molecule has 0 aliphatic heterocycles. The van der Waals surface area contributed by atoms with E-state index in [1.165, 1.54) is 22.6 Å². The van der Waals surface area contributed by atoms with E-state index >= 15 is 0 Å². The van der Waals surface area contributed by atoms with Gasteiger partial charge in [-0.2, -0.15) is 0 Å². The van der Waals surface area contributed by atoms with Gasteiger partial charge in [0.1, 0.15) is 17.8 Å². The fourth-order valence-electron chi connectivity index (χ4n) is 2.76. The van der Waals surface area contributed by atoms with Crippen molar-refractivity contribution in [3.05, 3.63) is 81.9 Å². The molecular weight excluding hydrogens is 346 g/mol. The van der Waals surface area contributed by atoms with E-state index < -0.39 is 17.4 Å². The van der Waals surface area contributed by atoms with E-state index in [-0.39, 0.29) is 18.7 Å². The minimum atomic E-state index is -0.570. The van der Waals surface area contributed by atoms with Crippen LogP contribution in [0.15, 0.2) is 59.7 Å². The van der Waals surface area contributed by atoms with E-state index in [2.05, 4.69) is 4.98 Å². The Morgan fingerprint density at radius 2 is 1.89 bits per heavy atom. The maximum Gasteiger partial charge on any atom is 0.325 e. The van der Waals surface area contributed by atoms with Crippen LogP contribution in [0.1, 0.15) is 21.5 Å². The van der Waals surface area contributed by atoms with Crippen molar-refractivity contribution in [2.45, 2.75) is 13.5 Å². The van der Waals surface area contributed by atoms with Crippen LogP contribution >= 0.6 is 0 Å². The number of methoxy groups -OCH3 is 1. The molecule has 0 saturated carbocycles. The highest BCUT2D eigenvalue weighted by molar-refractivity contribution is 5.95. The van der Waals surface area contributed by atoms with Crippen molar-refractivity contribution >= 4 is 17.5 Å². The van der Waals surface area contributed by atoms with Crippen molar-refractivity contribution in [1.82, 2.24) is 14.3 Å². The molecule has 1 aromatic carbocycles. The topological polar surface area (TPSA) is 81.0 Å². The molecule has 27 heavy (non-hydrogen) atoms. The summed E-state index contributed by atoms with van der Waals surface area (Å²) in [4.78, 5) is 43.0. The van der Waals surface area contributed by atoms with Gasteiger partial charge in [-0.1, -0.05) is 30.3 Å². The summed E-state index contributed by atoms with van der Waals surface area (Å²) in [6, 6.07) is 12.7. The molecule has 0 unspecified atom stereocenters. The summed E-state index contributed by atoms with van der Waals surface area (Å²) in [7, 11) is 1.26. The molecule has 0 fully saturated rings. The number of ether oxygens (including phenoxy) is 1. The number of aromatic nitrogens is 2. The lowest BCUT2D eigenvalue weighted by molar-refractivity contribution is -0.141. The highest BCUT2D eigenvalue weighted by atomic mass is 16.5. The monoisotopic (exact) mass is 365 g/mol. The van der Waals surface area contributed by atoms with Crippen molar-refractivity contribution < 1.29 is 14.3 Å². The zero-order valence-electron chi connectivity index (χ0n) is 15.1. The maximum absolute atomic E-state index is 13.0. The van der Waals surface area contributed by atoms with Gasteiger partial charge in [0.05, 0.1) is 7.11 Å². The third-order valence-corrected chi connectivity index (χ3v) is 4.30. The number of carbonyl (C=O) groups is 2. The van der Waals surface area contributed by atoms with Crippen LogP contribution in [0.4, 0.5) is 0 Å². The summed E-state index contributed by atoms with van der Waals surface area (Å²) < 4.78 is 6.01. The van der Waals surface area contributed by atoms with Crippen molar-refractivity contribution in [3.63, 3.8) is 0 Å². The third-order valence-electron chi connectivity index (χ3n) is 4.30. The second-order valence-corrected chi connectivity index (χ2v) is 6.07. The average molecular weight is 365 g/mol. The average Bonchev–Trinajstić information content (AvgIpc) is 2.69. The SMILES string of the molecule is COC(=O)CN(Cc1ccccc1C)C(=O)c1cnc2ccccn2c1=O. The molecule has 138 valence electrons. The number of carbonyl (C=O) groups excluding carboxylic acids is 2. The zero-order chi connectivity index (χ0) is 19.4. The molecule has 0 spiro atoms. The second kappa shape index (κ2) is 7.82. The lowest BCUT2D eigenvalue weighted by Gasteiger charge is -2.22. The van der Waals surface area contributed by atoms with E-state index in [4.69, 9.17) is 4.74 Å². The fourth-order valence-corrected chi connectivity index (χ4v) is 2.76. The van der Waals surface area contributed by atoms with Gasteiger partial charge in [0.25, 0.3) is 11.5 Å². The summed E-state index contributed by atoms with van der Waals surface area (Å²) in [6.45, 7) is 1.83. The molecule has 0 saturated heterocycles. The van der Waals surface area contributed by atoms with Gasteiger partial charge >= 0.3 is 5.97 Å². The standard InChI is InChI=1S/C20H19N3O4/c1-14-7-3-4-8-15(14)12-22(13-18(24)27-2)19(25)16-11-21-17-9-5-6-10-23(17)20(16)26/h3-11H,12-13H2,1-2H3. The molecule has 0 N–H and O–H groups in total. The molecule has 7 heteroatoms. The largest absolute Gasteiger partial charge is 0.468 e. The molecule has 0 aliphatic rings. The van der Waals surface area contributed by atoms with Gasteiger partial charge in [-0.3, -0.25) is 18.8 Å². The molecular formula is C20H19N3O4. The number of fused-ring (bicyclic) bond motifs is 1. The smallest absolute Gasteiger partial charge is 0.325 e. The normalized spacial score (nSPS) is 10.6. The second-order valence-electron chi connectivity index (χ2n) is 6.07. The Labute approximate surface area is 155 Å². The Morgan fingerprint density at radius 1 is 1.15 bits per heavy atom. The predicted molar refractivity (Wildman–Crippen MR) is 99.4 cm³/mol. The summed E-state index contributed by atoms with van der Waals surface area (Å²) >= 11 is 0. The minimum absolute atomic E-state index is 0.101. The van der Waals surface area contributed by atoms with Crippen LogP contribution in [0.3, 0.4) is 0 Å². The van der Waals surface area contributed by atoms with Crippen LogP contribution in [-0.2, 0) is 16.1 Å². The lowest BCUT2D eigenvalue weighted by atomic mass is 10.1. The van der Waals surface area contributed by atoms with E-state index in [1.807, 2.05) is 31.2 Å². The Morgan fingerprint density at radius 3 is 2.63 bits per heavy atom. The van der Waals surface area contributed by atoms with Crippen LogP contribution in [0.2, 0.25) is 0 Å². The van der Waals surface area contributed by atoms with E-state index in [9.17, 15) is 14.4 Å². The first-order chi connectivity index (χ1) is 13.0. The van der Waals surface area contributed by atoms with Gasteiger partial charge in [-0.25, -0.2) is 4.98 Å². The van der Waals surface area contributed by atoms with Gasteiger partial charge in [0.15, 0.2) is 0 Å². The molecule has 1 amide bonds. The predicted octanol–water partition coefficient (Wildman–Crippen LogP) is 1.82. The number of benzene rings is 1. The highest BCUT2D eigenvalue weighted by Crippen LogP contribution is 2.13.